The van der Waals surface area contributed by atoms with E-state index in [1.54, 1.807) is 48.5 Å². The average Bonchev–Trinajstić information content (AvgIpc) is 3.89. The average molecular weight is 659 g/mol. The molecule has 0 aliphatic rings. The van der Waals surface area contributed by atoms with Gasteiger partial charge in [0.05, 0.1) is 31.6 Å². The maximum absolute atomic E-state index is 9.74. The van der Waals surface area contributed by atoms with Crippen molar-refractivity contribution in [2.45, 2.75) is 0 Å². The molecule has 0 unspecified atom stereocenters. The summed E-state index contributed by atoms with van der Waals surface area (Å²) in [6, 6.07) is 16.2. The molecular formula is C46H29NOS. The van der Waals surface area contributed by atoms with Crippen LogP contribution in [-0.2, 0) is 0 Å². The Hall–Kier alpha value is -6.16. The topological polar surface area (TPSA) is 16.4 Å². The van der Waals surface area contributed by atoms with Crippen molar-refractivity contribution in [3.05, 3.63) is 176 Å². The summed E-state index contributed by atoms with van der Waals surface area (Å²) in [6.07, 6.45) is 0. The number of rotatable bonds is 5. The number of furan rings is 1. The minimum absolute atomic E-state index is 0.000424. The molecule has 0 aliphatic carbocycles. The van der Waals surface area contributed by atoms with Gasteiger partial charge in [-0.2, -0.15) is 0 Å². The van der Waals surface area contributed by atoms with Crippen molar-refractivity contribution in [3.8, 4) is 22.3 Å². The highest BCUT2D eigenvalue weighted by Crippen LogP contribution is 2.46. The summed E-state index contributed by atoms with van der Waals surface area (Å²) in [4.78, 5) is 1.23. The van der Waals surface area contributed by atoms with E-state index in [0.717, 1.165) is 22.1 Å². The normalized spacial score (nSPS) is 16.0. The van der Waals surface area contributed by atoms with Crippen LogP contribution in [0.3, 0.4) is 0 Å². The lowest BCUT2D eigenvalue weighted by Crippen LogP contribution is -2.10. The molecule has 10 aromatic rings. The highest BCUT2D eigenvalue weighted by atomic mass is 32.1. The fraction of sp³-hybridized carbons (Fsp3) is 0. The molecule has 2 aromatic heterocycles. The molecule has 230 valence electrons. The Morgan fingerprint density at radius 1 is 0.531 bits per heavy atom. The molecular weight excluding hydrogens is 615 g/mol. The Bertz CT molecular complexity index is 3670. The van der Waals surface area contributed by atoms with E-state index >= 15 is 0 Å². The Kier molecular flexibility index (Phi) is 3.85. The molecule has 10 rings (SSSR count). The first kappa shape index (κ1) is 16.8. The third-order valence-electron chi connectivity index (χ3n) is 8.53. The van der Waals surface area contributed by atoms with Gasteiger partial charge in [-0.05, 0) is 76.1 Å². The van der Waals surface area contributed by atoms with Crippen molar-refractivity contribution in [3.63, 3.8) is 0 Å². The minimum Gasteiger partial charge on any atom is -0.455 e. The summed E-state index contributed by atoms with van der Waals surface area (Å²) in [5.41, 5.74) is -0.0797. The highest BCUT2D eigenvalue weighted by Gasteiger charge is 2.21. The molecule has 0 bridgehead atoms. The lowest BCUT2D eigenvalue weighted by atomic mass is 10.0. The first-order valence-corrected chi connectivity index (χ1v) is 16.2. The maximum atomic E-state index is 9.74. The Balaban J connectivity index is 1.35. The van der Waals surface area contributed by atoms with Crippen molar-refractivity contribution in [1.29, 1.82) is 0 Å². The molecule has 0 aliphatic heterocycles. The van der Waals surface area contributed by atoms with Crippen molar-refractivity contribution < 1.29 is 25.0 Å². The molecule has 8 aromatic carbocycles. The second kappa shape index (κ2) is 11.2. The molecule has 2 heterocycles. The van der Waals surface area contributed by atoms with Gasteiger partial charge in [0.25, 0.3) is 0 Å². The summed E-state index contributed by atoms with van der Waals surface area (Å²) >= 11 is 0.795. The monoisotopic (exact) mass is 658 g/mol. The van der Waals surface area contributed by atoms with Crippen LogP contribution in [0.1, 0.15) is 20.6 Å². The fourth-order valence-electron chi connectivity index (χ4n) is 6.32. The van der Waals surface area contributed by atoms with Crippen molar-refractivity contribution in [1.82, 2.24) is 0 Å². The van der Waals surface area contributed by atoms with Crippen molar-refractivity contribution >= 4 is 81.3 Å². The molecule has 3 heteroatoms. The van der Waals surface area contributed by atoms with Gasteiger partial charge in [0.1, 0.15) is 11.2 Å². The van der Waals surface area contributed by atoms with E-state index in [2.05, 4.69) is 0 Å². The third kappa shape index (κ3) is 4.55. The van der Waals surface area contributed by atoms with Crippen molar-refractivity contribution in [2.75, 3.05) is 4.90 Å². The number of anilines is 3. The standard InChI is InChI=1S/C46H29NOS/c1-2-11-30(12-3-1)33-14-8-15-35(29-33)47(41-20-10-21-42-44(41)40-28-25-31-13-4-5-16-36(31)45(40)48-42)34-26-23-32(24-27-34)37-18-9-19-39-38-17-6-7-22-43(38)49-46(37)39/h1-29H/i6D,7D,8D,9D,14D,15D,17D,18D,19D,22D,23D,24D,26D,27D,29D. The molecule has 0 fully saturated rings. The van der Waals surface area contributed by atoms with Gasteiger partial charge in [0.15, 0.2) is 0 Å². The van der Waals surface area contributed by atoms with Crippen LogP contribution >= 0.6 is 11.3 Å². The van der Waals surface area contributed by atoms with Gasteiger partial charge < -0.3 is 9.32 Å². The number of thiophene rings is 1. The molecule has 0 saturated carbocycles. The zero-order valence-corrected chi connectivity index (χ0v) is 26.2. The molecule has 49 heavy (non-hydrogen) atoms. The number of hydrogen-bond donors (Lipinski definition) is 0. The minimum atomic E-state index is -0.704. The van der Waals surface area contributed by atoms with E-state index in [9.17, 15) is 8.22 Å². The van der Waals surface area contributed by atoms with Crippen LogP contribution in [0, 0.1) is 0 Å². The first-order valence-electron chi connectivity index (χ1n) is 22.9. The lowest BCUT2D eigenvalue weighted by molar-refractivity contribution is 0.672. The van der Waals surface area contributed by atoms with Crippen LogP contribution in [-0.4, -0.2) is 0 Å². The van der Waals surface area contributed by atoms with E-state index < -0.39 is 102 Å². The molecule has 0 spiro atoms. The molecule has 0 saturated heterocycles. The summed E-state index contributed by atoms with van der Waals surface area (Å²) in [5, 5.41) is 2.51. The van der Waals surface area contributed by atoms with Crippen LogP contribution in [0.25, 0.3) is 75.1 Å². The zero-order valence-electron chi connectivity index (χ0n) is 40.3. The predicted octanol–water partition coefficient (Wildman–Crippen LogP) is 13.9. The second-order valence-electron chi connectivity index (χ2n) is 11.3. The van der Waals surface area contributed by atoms with Gasteiger partial charge in [-0.1, -0.05) is 127 Å². The summed E-state index contributed by atoms with van der Waals surface area (Å²) in [7, 11) is 0. The van der Waals surface area contributed by atoms with Crippen LogP contribution < -0.4 is 4.90 Å². The van der Waals surface area contributed by atoms with Crippen LogP contribution in [0.2, 0.25) is 0 Å². The SMILES string of the molecule is [2H]c1c([2H])c(-c2ccccc2)c([2H])c(N(c2c([2H])c([2H])c(-c3c([2H])c([2H])c([2H])c4c3sc3c([2H])c([2H])c([2H])c([2H])c34)c([2H])c2[2H])c2cccc3oc4c5ccccc5ccc4c23)c1[2H]. The van der Waals surface area contributed by atoms with E-state index in [1.807, 2.05) is 36.4 Å². The van der Waals surface area contributed by atoms with Gasteiger partial charge in [-0.25, -0.2) is 0 Å². The number of hydrogen-bond acceptors (Lipinski definition) is 3. The molecule has 0 atom stereocenters. The van der Waals surface area contributed by atoms with E-state index in [4.69, 9.17) is 16.8 Å². The third-order valence-corrected chi connectivity index (χ3v) is 9.65. The van der Waals surface area contributed by atoms with Gasteiger partial charge >= 0.3 is 0 Å². The smallest absolute Gasteiger partial charge is 0.143 e. The van der Waals surface area contributed by atoms with Crippen LogP contribution in [0.5, 0.6) is 0 Å². The summed E-state index contributed by atoms with van der Waals surface area (Å²) in [5.74, 6) is 0. The maximum Gasteiger partial charge on any atom is 0.143 e. The fourth-order valence-corrected chi connectivity index (χ4v) is 7.39. The number of nitrogens with zero attached hydrogens (tertiary/aromatic N) is 1. The van der Waals surface area contributed by atoms with E-state index in [1.165, 1.54) is 4.90 Å². The quantitative estimate of drug-likeness (QED) is 0.183. The largest absolute Gasteiger partial charge is 0.455 e. The second-order valence-corrected chi connectivity index (χ2v) is 12.3. The molecule has 0 radical (unpaired) electrons. The summed E-state index contributed by atoms with van der Waals surface area (Å²) < 4.78 is 143. The van der Waals surface area contributed by atoms with Gasteiger partial charge in [0, 0.05) is 42.3 Å². The van der Waals surface area contributed by atoms with Crippen LogP contribution in [0.15, 0.2) is 180 Å². The Labute approximate surface area is 308 Å². The molecule has 2 nitrogen and oxygen atoms in total. The number of fused-ring (bicyclic) bond motifs is 8. The molecule has 0 N–H and O–H groups in total. The van der Waals surface area contributed by atoms with Gasteiger partial charge in [0.2, 0.25) is 0 Å². The van der Waals surface area contributed by atoms with Gasteiger partial charge in [-0.3, -0.25) is 0 Å². The molecule has 0 amide bonds. The lowest BCUT2D eigenvalue weighted by Gasteiger charge is -2.27. The predicted molar refractivity (Wildman–Crippen MR) is 210 cm³/mol. The first-order chi connectivity index (χ1) is 30.6. The summed E-state index contributed by atoms with van der Waals surface area (Å²) in [6.45, 7) is 0. The van der Waals surface area contributed by atoms with Gasteiger partial charge in [-0.15, -0.1) is 11.3 Å². The Morgan fingerprint density at radius 2 is 1.35 bits per heavy atom. The Morgan fingerprint density at radius 3 is 2.27 bits per heavy atom. The van der Waals surface area contributed by atoms with Crippen LogP contribution in [0.4, 0.5) is 17.1 Å². The number of benzene rings is 8. The highest BCUT2D eigenvalue weighted by molar-refractivity contribution is 7.26. The van der Waals surface area contributed by atoms with E-state index in [0.29, 0.717) is 27.5 Å². The van der Waals surface area contributed by atoms with E-state index in [-0.39, 0.29) is 42.7 Å². The zero-order chi connectivity index (χ0) is 45.4. The van der Waals surface area contributed by atoms with Crippen molar-refractivity contribution in [2.24, 2.45) is 0 Å².